The molecule has 3 fully saturated rings. The van der Waals surface area contributed by atoms with Crippen molar-refractivity contribution in [2.24, 2.45) is 5.92 Å². The van der Waals surface area contributed by atoms with Gasteiger partial charge >= 0.3 is 19.5 Å². The minimum Gasteiger partial charge on any atom is -0.382 e. The Bertz CT molecular complexity index is 2050. The fourth-order valence-electron chi connectivity index (χ4n) is 6.24. The zero-order valence-electron chi connectivity index (χ0n) is 24.7. The van der Waals surface area contributed by atoms with Gasteiger partial charge in [-0.25, -0.2) is 37.8 Å². The van der Waals surface area contributed by atoms with Crippen molar-refractivity contribution in [2.45, 2.75) is 55.4 Å². The van der Waals surface area contributed by atoms with Gasteiger partial charge in [-0.3, -0.25) is 32.5 Å². The van der Waals surface area contributed by atoms with Crippen LogP contribution in [0.4, 0.5) is 20.5 Å². The third kappa shape index (κ3) is 5.92. The van der Waals surface area contributed by atoms with Gasteiger partial charge in [0.2, 0.25) is 5.95 Å². The van der Waals surface area contributed by atoms with Gasteiger partial charge in [0.05, 0.1) is 31.5 Å². The summed E-state index contributed by atoms with van der Waals surface area (Å²) in [5.74, 6) is -4.11. The number of imidazole rings is 2. The zero-order chi connectivity index (χ0) is 34.2. The van der Waals surface area contributed by atoms with Crippen molar-refractivity contribution in [3.05, 3.63) is 29.3 Å². The lowest BCUT2D eigenvalue weighted by Gasteiger charge is -2.32. The Balaban J connectivity index is 1.13. The van der Waals surface area contributed by atoms with E-state index in [1.165, 1.54) is 6.33 Å². The van der Waals surface area contributed by atoms with Crippen LogP contribution in [0.3, 0.4) is 0 Å². The predicted octanol–water partition coefficient (Wildman–Crippen LogP) is 2.86. The van der Waals surface area contributed by atoms with E-state index < -0.39 is 61.9 Å². The maximum Gasteiger partial charge on any atom is 0.386 e. The van der Waals surface area contributed by atoms with Gasteiger partial charge in [-0.1, -0.05) is 24.5 Å². The number of aromatic nitrogens is 8. The fourth-order valence-corrected chi connectivity index (χ4v) is 8.34. The van der Waals surface area contributed by atoms with E-state index in [9.17, 15) is 13.9 Å². The van der Waals surface area contributed by atoms with Gasteiger partial charge in [0.1, 0.15) is 18.1 Å². The maximum atomic E-state index is 16.0. The molecule has 260 valence electrons. The summed E-state index contributed by atoms with van der Waals surface area (Å²) in [7, 11) is 1.01. The lowest BCUT2D eigenvalue weighted by atomic mass is 10.0. The van der Waals surface area contributed by atoms with Gasteiger partial charge < -0.3 is 25.5 Å². The van der Waals surface area contributed by atoms with Crippen LogP contribution in [-0.4, -0.2) is 83.1 Å². The molecule has 48 heavy (non-hydrogen) atoms. The molecule has 1 aliphatic carbocycles. The fraction of sp³-hybridized carbons (Fsp3) is 0.565. The first-order valence-electron chi connectivity index (χ1n) is 14.2. The monoisotopic (exact) mass is 752 g/mol. The molecule has 4 aromatic rings. The SMILES string of the molecule is COP(=O)(S)OC[C@H]1O[C@@H](n2cnc3c(=O)[nH]c(N)nc32)[C@H](OP(=O)(S)OC[C@]23CC[C@H](C2)[C@H](n2cnc4c(N)ncnc42)O3)C1(F)F. The van der Waals surface area contributed by atoms with Gasteiger partial charge in [0.15, 0.2) is 41.1 Å². The first-order chi connectivity index (χ1) is 22.6. The third-order valence-electron chi connectivity index (χ3n) is 8.49. The van der Waals surface area contributed by atoms with E-state index in [1.54, 1.807) is 10.9 Å². The van der Waals surface area contributed by atoms with Crippen LogP contribution in [-0.2, 0) is 36.7 Å². The number of thiol groups is 2. The van der Waals surface area contributed by atoms with Crippen LogP contribution in [0.25, 0.3) is 22.3 Å². The molecule has 1 saturated carbocycles. The number of H-pyrrole nitrogens is 1. The second-order valence-electron chi connectivity index (χ2n) is 11.5. The van der Waals surface area contributed by atoms with Crippen LogP contribution in [0.1, 0.15) is 31.7 Å². The lowest BCUT2D eigenvalue weighted by molar-refractivity contribution is -0.127. The zero-order valence-corrected chi connectivity index (χ0v) is 28.2. The number of aromatic amines is 1. The Labute approximate surface area is 278 Å². The average Bonchev–Trinajstić information content (AvgIpc) is 3.84. The quantitative estimate of drug-likeness (QED) is 0.109. The van der Waals surface area contributed by atoms with Crippen LogP contribution in [0.2, 0.25) is 0 Å². The van der Waals surface area contributed by atoms with Crippen molar-refractivity contribution >= 4 is 72.2 Å². The van der Waals surface area contributed by atoms with Crippen molar-refractivity contribution in [3.8, 4) is 0 Å². The van der Waals surface area contributed by atoms with E-state index in [-0.39, 0.29) is 35.5 Å². The number of hydrogen-bond acceptors (Lipinski definition) is 16. The van der Waals surface area contributed by atoms with Crippen molar-refractivity contribution in [1.82, 2.24) is 39.0 Å². The molecule has 0 spiro atoms. The van der Waals surface area contributed by atoms with Gasteiger partial charge in [0.25, 0.3) is 5.56 Å². The summed E-state index contributed by atoms with van der Waals surface area (Å²) < 4.78 is 93.2. The van der Waals surface area contributed by atoms with Gasteiger partial charge in [-0.2, -0.15) is 4.98 Å². The molecule has 2 saturated heterocycles. The topological polar surface area (TPSA) is 249 Å². The van der Waals surface area contributed by atoms with E-state index in [1.807, 2.05) is 0 Å². The highest BCUT2D eigenvalue weighted by molar-refractivity contribution is 8.44. The number of rotatable bonds is 11. The number of anilines is 2. The van der Waals surface area contributed by atoms with Crippen LogP contribution < -0.4 is 17.0 Å². The number of nitrogens with two attached hydrogens (primary N) is 2. The highest BCUT2D eigenvalue weighted by Gasteiger charge is 2.63. The number of alkyl halides is 2. The summed E-state index contributed by atoms with van der Waals surface area (Å²) >= 11 is 7.72. The molecule has 7 rings (SSSR count). The summed E-state index contributed by atoms with van der Waals surface area (Å²) in [6.07, 6.45) is -1.30. The summed E-state index contributed by atoms with van der Waals surface area (Å²) in [5, 5.41) is 0. The smallest absolute Gasteiger partial charge is 0.382 e. The Kier molecular flexibility index (Phi) is 8.41. The molecule has 5 N–H and O–H groups in total. The molecule has 2 aliphatic heterocycles. The van der Waals surface area contributed by atoms with E-state index in [0.29, 0.717) is 30.4 Å². The molecule has 0 radical (unpaired) electrons. The van der Waals surface area contributed by atoms with Crippen molar-refractivity contribution in [1.29, 1.82) is 0 Å². The summed E-state index contributed by atoms with van der Waals surface area (Å²) in [6, 6.07) is 0. The molecule has 6 heterocycles. The predicted molar refractivity (Wildman–Crippen MR) is 168 cm³/mol. The van der Waals surface area contributed by atoms with E-state index in [2.05, 4.69) is 58.9 Å². The standard InChI is InChI=1S/C23H28F2N10O9P2S2/c1-39-45(37,47)40-5-11-23(24,25)14(20(42-11)35-9-31-13-17(35)32-21(27)33-18(13)36)44-46(38,48)41-6-22-3-2-10(4-22)19(43-22)34-8-30-12-15(26)28-7-29-16(12)34/h7-11,14,19-20H,2-6H2,1H3,(H,37,47)(H,38,48)(H2,26,28,29)(H3,27,32,33,36)/t10-,11-,14+,19-,20-,22+,45?,46?/m1/s1. The van der Waals surface area contributed by atoms with E-state index in [0.717, 1.165) is 18.0 Å². The molecule has 25 heteroatoms. The summed E-state index contributed by atoms with van der Waals surface area (Å²) in [4.78, 5) is 35.0. The normalized spacial score (nSPS) is 30.6. The molecule has 19 nitrogen and oxygen atoms in total. The Morgan fingerprint density at radius 2 is 1.79 bits per heavy atom. The molecular weight excluding hydrogens is 724 g/mol. The minimum atomic E-state index is -4.62. The number of nitrogen functional groups attached to an aromatic ring is 2. The van der Waals surface area contributed by atoms with Crippen molar-refractivity contribution in [2.75, 3.05) is 31.8 Å². The molecule has 2 unspecified atom stereocenters. The lowest BCUT2D eigenvalue weighted by Crippen LogP contribution is -2.42. The Morgan fingerprint density at radius 1 is 1.06 bits per heavy atom. The highest BCUT2D eigenvalue weighted by Crippen LogP contribution is 2.62. The molecule has 8 atom stereocenters. The second-order valence-corrected chi connectivity index (χ2v) is 17.4. The van der Waals surface area contributed by atoms with E-state index in [4.69, 9.17) is 34.5 Å². The van der Waals surface area contributed by atoms with Gasteiger partial charge in [-0.15, -0.1) is 0 Å². The van der Waals surface area contributed by atoms with Crippen LogP contribution >= 0.6 is 38.1 Å². The Hall–Kier alpha value is -2.72. The maximum absolute atomic E-state index is 16.0. The third-order valence-corrected chi connectivity index (χ3v) is 11.8. The van der Waals surface area contributed by atoms with Crippen molar-refractivity contribution < 1.29 is 45.5 Å². The number of nitrogens with zero attached hydrogens (tertiary/aromatic N) is 7. The summed E-state index contributed by atoms with van der Waals surface area (Å²) in [6.45, 7) is -9.96. The number of fused-ring (bicyclic) bond motifs is 4. The van der Waals surface area contributed by atoms with Gasteiger partial charge in [-0.05, 0) is 19.3 Å². The molecule has 2 bridgehead atoms. The molecule has 4 aromatic heterocycles. The molecule has 3 aliphatic rings. The van der Waals surface area contributed by atoms with Gasteiger partial charge in [0, 0.05) is 13.0 Å². The minimum absolute atomic E-state index is 0.00706. The largest absolute Gasteiger partial charge is 0.386 e. The van der Waals surface area contributed by atoms with Crippen LogP contribution in [0, 0.1) is 5.92 Å². The van der Waals surface area contributed by atoms with Crippen molar-refractivity contribution in [3.63, 3.8) is 0 Å². The number of nitrogens with one attached hydrogen (secondary N) is 1. The molecule has 0 amide bonds. The molecule has 0 aromatic carbocycles. The summed E-state index contributed by atoms with van der Waals surface area (Å²) in [5.41, 5.74) is 10.3. The Morgan fingerprint density at radius 3 is 2.54 bits per heavy atom. The number of ether oxygens (including phenoxy) is 2. The molecular formula is C23H28F2N10O9P2S2. The highest BCUT2D eigenvalue weighted by atomic mass is 32.7. The second kappa shape index (κ2) is 12.0. The first-order valence-corrected chi connectivity index (χ1v) is 19.6. The number of halogens is 2. The van der Waals surface area contributed by atoms with Crippen LogP contribution in [0.15, 0.2) is 23.8 Å². The van der Waals surface area contributed by atoms with E-state index >= 15 is 8.78 Å². The average molecular weight is 753 g/mol. The first kappa shape index (κ1) is 33.8. The number of hydrogen-bond donors (Lipinski definition) is 5. The van der Waals surface area contributed by atoms with Crippen LogP contribution in [0.5, 0.6) is 0 Å².